The lowest BCUT2D eigenvalue weighted by molar-refractivity contribution is 0.628. The Morgan fingerprint density at radius 3 is 2.83 bits per heavy atom. The molecule has 0 aliphatic carbocycles. The van der Waals surface area contributed by atoms with Crippen molar-refractivity contribution in [2.24, 2.45) is 0 Å². The van der Waals surface area contributed by atoms with Gasteiger partial charge >= 0.3 is 0 Å². The summed E-state index contributed by atoms with van der Waals surface area (Å²) in [5, 5.41) is 6.67. The second-order valence-corrected chi connectivity index (χ2v) is 4.46. The van der Waals surface area contributed by atoms with Crippen LogP contribution in [-0.4, -0.2) is 16.5 Å². The molecule has 2 N–H and O–H groups in total. The lowest BCUT2D eigenvalue weighted by atomic mass is 10.1. The molecule has 1 aliphatic rings. The van der Waals surface area contributed by atoms with E-state index in [1.165, 1.54) is 12.8 Å². The van der Waals surface area contributed by atoms with Gasteiger partial charge in [-0.05, 0) is 43.7 Å². The summed E-state index contributed by atoms with van der Waals surface area (Å²) in [5.41, 5.74) is 2.09. The van der Waals surface area contributed by atoms with Gasteiger partial charge in [0.15, 0.2) is 0 Å². The summed E-state index contributed by atoms with van der Waals surface area (Å²) < 4.78 is 0. The van der Waals surface area contributed by atoms with E-state index in [0.29, 0.717) is 6.04 Å². The zero-order valence-electron chi connectivity index (χ0n) is 10.1. The van der Waals surface area contributed by atoms with Gasteiger partial charge in [-0.15, -0.1) is 0 Å². The van der Waals surface area contributed by atoms with E-state index in [1.54, 1.807) is 6.20 Å². The maximum Gasteiger partial charge on any atom is 0.130 e. The zero-order chi connectivity index (χ0) is 12.2. The van der Waals surface area contributed by atoms with Crippen LogP contribution in [0.15, 0.2) is 42.7 Å². The molecule has 1 fully saturated rings. The molecule has 2 aromatic heterocycles. The Hall–Kier alpha value is -1.94. The van der Waals surface area contributed by atoms with Crippen LogP contribution >= 0.6 is 0 Å². The van der Waals surface area contributed by atoms with Crippen LogP contribution in [0.1, 0.15) is 24.6 Å². The fourth-order valence-electron chi connectivity index (χ4n) is 2.21. The summed E-state index contributed by atoms with van der Waals surface area (Å²) in [6.07, 6.45) is 6.05. The van der Waals surface area contributed by atoms with E-state index in [2.05, 4.69) is 32.7 Å². The van der Waals surface area contributed by atoms with Crippen LogP contribution in [0.5, 0.6) is 0 Å². The Morgan fingerprint density at radius 2 is 2.17 bits per heavy atom. The number of hydrogen-bond acceptors (Lipinski definition) is 4. The van der Waals surface area contributed by atoms with Gasteiger partial charge in [0.05, 0.1) is 17.6 Å². The normalized spacial score (nSPS) is 18.8. The van der Waals surface area contributed by atoms with Crippen molar-refractivity contribution in [3.05, 3.63) is 48.4 Å². The molecule has 1 aliphatic heterocycles. The summed E-state index contributed by atoms with van der Waals surface area (Å²) in [6, 6.07) is 10.4. The number of nitrogens with zero attached hydrogens (tertiary/aromatic N) is 2. The van der Waals surface area contributed by atoms with Gasteiger partial charge in [-0.2, -0.15) is 0 Å². The minimum absolute atomic E-state index is 0.425. The molecule has 3 heterocycles. The molecule has 18 heavy (non-hydrogen) atoms. The molecule has 0 spiro atoms. The molecule has 1 atom stereocenters. The van der Waals surface area contributed by atoms with Gasteiger partial charge in [0, 0.05) is 12.2 Å². The lowest BCUT2D eigenvalue weighted by Crippen LogP contribution is -2.14. The molecule has 0 unspecified atom stereocenters. The number of anilines is 2. The van der Waals surface area contributed by atoms with Gasteiger partial charge in [0.2, 0.25) is 0 Å². The second kappa shape index (κ2) is 5.14. The average Bonchev–Trinajstić information content (AvgIpc) is 2.95. The summed E-state index contributed by atoms with van der Waals surface area (Å²) in [5.74, 6) is 0.839. The van der Waals surface area contributed by atoms with Crippen LogP contribution in [0.3, 0.4) is 0 Å². The van der Waals surface area contributed by atoms with Crippen molar-refractivity contribution in [3.8, 4) is 0 Å². The molecule has 0 amide bonds. The first kappa shape index (κ1) is 11.2. The first-order valence-corrected chi connectivity index (χ1v) is 6.29. The SMILES string of the molecule is c1ccc(Nc2ccc([C@H]3CCCN3)nc2)nc1. The van der Waals surface area contributed by atoms with Gasteiger partial charge < -0.3 is 10.6 Å². The first-order chi connectivity index (χ1) is 8.92. The highest BCUT2D eigenvalue weighted by molar-refractivity contribution is 5.54. The first-order valence-electron chi connectivity index (χ1n) is 6.29. The Bertz CT molecular complexity index is 489. The molecule has 0 aromatic carbocycles. The van der Waals surface area contributed by atoms with Crippen molar-refractivity contribution in [1.29, 1.82) is 0 Å². The third kappa shape index (κ3) is 2.49. The molecule has 2 aromatic rings. The Morgan fingerprint density at radius 1 is 1.17 bits per heavy atom. The molecule has 4 heteroatoms. The number of pyridine rings is 2. The van der Waals surface area contributed by atoms with Crippen molar-refractivity contribution in [2.45, 2.75) is 18.9 Å². The minimum Gasteiger partial charge on any atom is -0.339 e. The van der Waals surface area contributed by atoms with E-state index in [-0.39, 0.29) is 0 Å². The third-order valence-electron chi connectivity index (χ3n) is 3.14. The highest BCUT2D eigenvalue weighted by atomic mass is 15.0. The van der Waals surface area contributed by atoms with E-state index >= 15 is 0 Å². The Balaban J connectivity index is 1.71. The molecule has 0 saturated carbocycles. The summed E-state index contributed by atoms with van der Waals surface area (Å²) in [4.78, 5) is 8.73. The van der Waals surface area contributed by atoms with Gasteiger partial charge in [-0.25, -0.2) is 4.98 Å². The van der Waals surface area contributed by atoms with Gasteiger partial charge in [0.25, 0.3) is 0 Å². The van der Waals surface area contributed by atoms with Gasteiger partial charge in [-0.1, -0.05) is 6.07 Å². The van der Waals surface area contributed by atoms with Gasteiger partial charge in [0.1, 0.15) is 5.82 Å². The largest absolute Gasteiger partial charge is 0.339 e. The topological polar surface area (TPSA) is 49.8 Å². The monoisotopic (exact) mass is 240 g/mol. The van der Waals surface area contributed by atoms with Crippen LogP contribution in [-0.2, 0) is 0 Å². The van der Waals surface area contributed by atoms with E-state index in [4.69, 9.17) is 0 Å². The smallest absolute Gasteiger partial charge is 0.130 e. The molecule has 0 radical (unpaired) electrons. The molecule has 4 nitrogen and oxygen atoms in total. The van der Waals surface area contributed by atoms with Crippen molar-refractivity contribution < 1.29 is 0 Å². The molecule has 3 rings (SSSR count). The minimum atomic E-state index is 0.425. The molecular weight excluding hydrogens is 224 g/mol. The quantitative estimate of drug-likeness (QED) is 0.866. The predicted octanol–water partition coefficient (Wildman–Crippen LogP) is 2.64. The van der Waals surface area contributed by atoms with Crippen molar-refractivity contribution in [1.82, 2.24) is 15.3 Å². The standard InChI is InChI=1S/C14H16N4/c1-2-8-16-14(5-1)18-11-6-7-13(17-10-11)12-4-3-9-15-12/h1-2,5-8,10,12,15H,3-4,9H2,(H,16,18)/t12-/m1/s1. The summed E-state index contributed by atoms with van der Waals surface area (Å²) in [7, 11) is 0. The van der Waals surface area contributed by atoms with Crippen molar-refractivity contribution >= 4 is 11.5 Å². The molecule has 0 bridgehead atoms. The fraction of sp³-hybridized carbons (Fsp3) is 0.286. The summed E-state index contributed by atoms with van der Waals surface area (Å²) in [6.45, 7) is 1.10. The molecular formula is C14H16N4. The van der Waals surface area contributed by atoms with Crippen molar-refractivity contribution in [2.75, 3.05) is 11.9 Å². The number of hydrogen-bond donors (Lipinski definition) is 2. The van der Waals surface area contributed by atoms with Gasteiger partial charge in [-0.3, -0.25) is 4.98 Å². The maximum absolute atomic E-state index is 4.50. The van der Waals surface area contributed by atoms with E-state index < -0.39 is 0 Å². The zero-order valence-corrected chi connectivity index (χ0v) is 10.1. The van der Waals surface area contributed by atoms with E-state index in [9.17, 15) is 0 Å². The Labute approximate surface area is 106 Å². The number of rotatable bonds is 3. The fourth-order valence-corrected chi connectivity index (χ4v) is 2.21. The van der Waals surface area contributed by atoms with Crippen LogP contribution < -0.4 is 10.6 Å². The van der Waals surface area contributed by atoms with Crippen molar-refractivity contribution in [3.63, 3.8) is 0 Å². The van der Waals surface area contributed by atoms with Crippen LogP contribution in [0.4, 0.5) is 11.5 Å². The number of nitrogens with one attached hydrogen (secondary N) is 2. The van der Waals surface area contributed by atoms with E-state index in [1.807, 2.05) is 24.4 Å². The van der Waals surface area contributed by atoms with Crippen LogP contribution in [0, 0.1) is 0 Å². The lowest BCUT2D eigenvalue weighted by Gasteiger charge is -2.10. The number of aromatic nitrogens is 2. The molecule has 1 saturated heterocycles. The predicted molar refractivity (Wildman–Crippen MR) is 71.7 cm³/mol. The second-order valence-electron chi connectivity index (χ2n) is 4.46. The van der Waals surface area contributed by atoms with Crippen LogP contribution in [0.2, 0.25) is 0 Å². The average molecular weight is 240 g/mol. The molecule has 92 valence electrons. The highest BCUT2D eigenvalue weighted by Crippen LogP contribution is 2.22. The Kier molecular flexibility index (Phi) is 3.19. The highest BCUT2D eigenvalue weighted by Gasteiger charge is 2.16. The third-order valence-corrected chi connectivity index (χ3v) is 3.14. The van der Waals surface area contributed by atoms with Crippen LogP contribution in [0.25, 0.3) is 0 Å². The van der Waals surface area contributed by atoms with E-state index in [0.717, 1.165) is 23.7 Å². The summed E-state index contributed by atoms with van der Waals surface area (Å²) >= 11 is 0. The maximum atomic E-state index is 4.50.